The van der Waals surface area contributed by atoms with E-state index >= 15 is 0 Å². The minimum Gasteiger partial charge on any atom is -0.352 e. The Hall–Kier alpha value is -3.00. The van der Waals surface area contributed by atoms with Crippen LogP contribution in [0.25, 0.3) is 0 Å². The maximum atomic E-state index is 12.8. The van der Waals surface area contributed by atoms with Crippen molar-refractivity contribution in [1.82, 2.24) is 20.7 Å². The number of benzene rings is 2. The number of nitrogens with zero attached hydrogens (tertiary/aromatic N) is 2. The molecule has 8 heteroatoms. The first-order chi connectivity index (χ1) is 12.6. The van der Waals surface area contributed by atoms with Gasteiger partial charge in [0.05, 0.1) is 28.1 Å². The summed E-state index contributed by atoms with van der Waals surface area (Å²) in [4.78, 5) is 12.5. The number of sulfone groups is 1. The molecule has 3 aromatic rings. The van der Waals surface area contributed by atoms with Crippen LogP contribution in [0, 0.1) is 0 Å². The predicted molar refractivity (Wildman–Crippen MR) is 96.2 cm³/mol. The zero-order valence-corrected chi connectivity index (χ0v) is 14.7. The van der Waals surface area contributed by atoms with Gasteiger partial charge < -0.3 is 5.32 Å². The standard InChI is InChI=1S/C18H18N4O3S/c23-18(19-11-10-15-12-20-22-21-15)16-8-4-5-9-17(16)26(24,25)13-14-6-2-1-3-7-14/h1-9,12H,10-11,13H2,(H,19,23)(H,20,21,22). The van der Waals surface area contributed by atoms with Gasteiger partial charge in [-0.25, -0.2) is 8.42 Å². The van der Waals surface area contributed by atoms with Gasteiger partial charge in [-0.3, -0.25) is 4.79 Å². The fourth-order valence-corrected chi connectivity index (χ4v) is 4.11. The Bertz CT molecular complexity index is 971. The van der Waals surface area contributed by atoms with Gasteiger partial charge in [-0.1, -0.05) is 42.5 Å². The summed E-state index contributed by atoms with van der Waals surface area (Å²) < 4.78 is 25.6. The number of nitrogens with one attached hydrogen (secondary N) is 2. The van der Waals surface area contributed by atoms with Gasteiger partial charge >= 0.3 is 0 Å². The molecular weight excluding hydrogens is 352 g/mol. The Morgan fingerprint density at radius 1 is 1.04 bits per heavy atom. The Morgan fingerprint density at radius 2 is 1.77 bits per heavy atom. The van der Waals surface area contributed by atoms with Crippen molar-refractivity contribution in [2.75, 3.05) is 6.54 Å². The molecule has 0 saturated carbocycles. The van der Waals surface area contributed by atoms with Gasteiger partial charge in [-0.15, -0.1) is 0 Å². The SMILES string of the molecule is O=C(NCCc1cn[nH]n1)c1ccccc1S(=O)(=O)Cc1ccccc1. The minimum atomic E-state index is -3.65. The maximum Gasteiger partial charge on any atom is 0.252 e. The number of aromatic nitrogens is 3. The van der Waals surface area contributed by atoms with Crippen molar-refractivity contribution in [1.29, 1.82) is 0 Å². The minimum absolute atomic E-state index is 0.0304. The third-order valence-electron chi connectivity index (χ3n) is 3.80. The van der Waals surface area contributed by atoms with Crippen LogP contribution in [0.1, 0.15) is 21.6 Å². The molecule has 0 fully saturated rings. The number of amides is 1. The van der Waals surface area contributed by atoms with Crippen LogP contribution in [-0.4, -0.2) is 36.3 Å². The third-order valence-corrected chi connectivity index (χ3v) is 5.54. The number of rotatable bonds is 7. The molecule has 0 unspecified atom stereocenters. The van der Waals surface area contributed by atoms with E-state index in [1.807, 2.05) is 6.07 Å². The number of hydrogen-bond acceptors (Lipinski definition) is 5. The topological polar surface area (TPSA) is 105 Å². The van der Waals surface area contributed by atoms with E-state index in [4.69, 9.17) is 0 Å². The normalized spacial score (nSPS) is 11.2. The van der Waals surface area contributed by atoms with Crippen LogP contribution in [0.15, 0.2) is 65.7 Å². The lowest BCUT2D eigenvalue weighted by Crippen LogP contribution is -2.27. The number of carbonyl (C=O) groups excluding carboxylic acids is 1. The van der Waals surface area contributed by atoms with E-state index in [1.165, 1.54) is 12.1 Å². The molecule has 0 aliphatic rings. The van der Waals surface area contributed by atoms with E-state index in [9.17, 15) is 13.2 Å². The van der Waals surface area contributed by atoms with Crippen molar-refractivity contribution in [3.05, 3.63) is 77.6 Å². The highest BCUT2D eigenvalue weighted by Crippen LogP contribution is 2.20. The van der Waals surface area contributed by atoms with Gasteiger partial charge in [0.1, 0.15) is 0 Å². The van der Waals surface area contributed by atoms with E-state index in [1.54, 1.807) is 42.6 Å². The predicted octanol–water partition coefficient (Wildman–Crippen LogP) is 1.75. The first-order valence-corrected chi connectivity index (χ1v) is 9.70. The Kier molecular flexibility index (Phi) is 5.43. The number of H-pyrrole nitrogens is 1. The second-order valence-electron chi connectivity index (χ2n) is 5.71. The molecule has 3 rings (SSSR count). The van der Waals surface area contributed by atoms with Crippen molar-refractivity contribution in [2.24, 2.45) is 0 Å². The highest BCUT2D eigenvalue weighted by atomic mass is 32.2. The molecule has 134 valence electrons. The molecule has 1 aromatic heterocycles. The monoisotopic (exact) mass is 370 g/mol. The lowest BCUT2D eigenvalue weighted by atomic mass is 10.2. The summed E-state index contributed by atoms with van der Waals surface area (Å²) in [5.41, 5.74) is 1.53. The van der Waals surface area contributed by atoms with Crippen LogP contribution >= 0.6 is 0 Å². The highest BCUT2D eigenvalue weighted by molar-refractivity contribution is 7.90. The van der Waals surface area contributed by atoms with Crippen molar-refractivity contribution >= 4 is 15.7 Å². The molecule has 0 atom stereocenters. The summed E-state index contributed by atoms with van der Waals surface area (Å²) in [7, 11) is -3.65. The average Bonchev–Trinajstić information content (AvgIpc) is 3.15. The van der Waals surface area contributed by atoms with Crippen LogP contribution in [0.2, 0.25) is 0 Å². The molecule has 1 heterocycles. The van der Waals surface area contributed by atoms with Gasteiger partial charge in [0.25, 0.3) is 5.91 Å². The van der Waals surface area contributed by atoms with Crippen LogP contribution < -0.4 is 5.32 Å². The Morgan fingerprint density at radius 3 is 2.50 bits per heavy atom. The molecule has 26 heavy (non-hydrogen) atoms. The quantitative estimate of drug-likeness (QED) is 0.659. The first-order valence-electron chi connectivity index (χ1n) is 8.05. The summed E-state index contributed by atoms with van der Waals surface area (Å²) in [6, 6.07) is 15.1. The molecule has 2 aromatic carbocycles. The Labute approximate surface area is 151 Å². The number of hydrogen-bond donors (Lipinski definition) is 2. The molecule has 0 aliphatic heterocycles. The maximum absolute atomic E-state index is 12.8. The van der Waals surface area contributed by atoms with E-state index in [0.29, 0.717) is 18.5 Å². The lowest BCUT2D eigenvalue weighted by Gasteiger charge is -2.11. The zero-order valence-electron chi connectivity index (χ0n) is 13.9. The van der Waals surface area contributed by atoms with Crippen molar-refractivity contribution in [3.8, 4) is 0 Å². The van der Waals surface area contributed by atoms with Crippen LogP contribution in [0.4, 0.5) is 0 Å². The summed E-state index contributed by atoms with van der Waals surface area (Å²) >= 11 is 0. The molecule has 7 nitrogen and oxygen atoms in total. The molecule has 0 aliphatic carbocycles. The molecule has 2 N–H and O–H groups in total. The largest absolute Gasteiger partial charge is 0.352 e. The number of aromatic amines is 1. The van der Waals surface area contributed by atoms with Crippen LogP contribution in [0.5, 0.6) is 0 Å². The van der Waals surface area contributed by atoms with Crippen molar-refractivity contribution in [2.45, 2.75) is 17.1 Å². The van der Waals surface area contributed by atoms with E-state index in [0.717, 1.165) is 5.69 Å². The lowest BCUT2D eigenvalue weighted by molar-refractivity contribution is 0.0950. The van der Waals surface area contributed by atoms with Crippen LogP contribution in [-0.2, 0) is 22.0 Å². The van der Waals surface area contributed by atoms with Crippen molar-refractivity contribution < 1.29 is 13.2 Å². The molecule has 0 saturated heterocycles. The fraction of sp³-hybridized carbons (Fsp3) is 0.167. The molecule has 0 radical (unpaired) electrons. The van der Waals surface area contributed by atoms with Gasteiger partial charge in [0, 0.05) is 13.0 Å². The van der Waals surface area contributed by atoms with Gasteiger partial charge in [0.15, 0.2) is 9.84 Å². The van der Waals surface area contributed by atoms with Gasteiger partial charge in [-0.2, -0.15) is 15.4 Å². The summed E-state index contributed by atoms with van der Waals surface area (Å²) in [6.07, 6.45) is 2.07. The fourth-order valence-electron chi connectivity index (χ4n) is 2.54. The summed E-state index contributed by atoms with van der Waals surface area (Å²) in [6.45, 7) is 0.332. The van der Waals surface area contributed by atoms with Crippen molar-refractivity contribution in [3.63, 3.8) is 0 Å². The summed E-state index contributed by atoms with van der Waals surface area (Å²) in [5.74, 6) is -0.586. The highest BCUT2D eigenvalue weighted by Gasteiger charge is 2.22. The van der Waals surface area contributed by atoms with Gasteiger partial charge in [0.2, 0.25) is 0 Å². The molecule has 1 amide bonds. The smallest absolute Gasteiger partial charge is 0.252 e. The van der Waals surface area contributed by atoms with E-state index in [2.05, 4.69) is 20.7 Å². The molecular formula is C18H18N4O3S. The second kappa shape index (κ2) is 7.92. The Balaban J connectivity index is 1.75. The van der Waals surface area contributed by atoms with E-state index in [-0.39, 0.29) is 16.2 Å². The zero-order chi connectivity index (χ0) is 18.4. The van der Waals surface area contributed by atoms with E-state index < -0.39 is 15.7 Å². The van der Waals surface area contributed by atoms with Crippen LogP contribution in [0.3, 0.4) is 0 Å². The molecule has 0 bridgehead atoms. The third kappa shape index (κ3) is 4.34. The van der Waals surface area contributed by atoms with Gasteiger partial charge in [-0.05, 0) is 17.7 Å². The molecule has 0 spiro atoms. The first kappa shape index (κ1) is 17.8. The second-order valence-corrected chi connectivity index (χ2v) is 7.67. The summed E-state index contributed by atoms with van der Waals surface area (Å²) in [5, 5.41) is 12.8. The number of carbonyl (C=O) groups is 1. The average molecular weight is 370 g/mol.